The van der Waals surface area contributed by atoms with Gasteiger partial charge in [0.2, 0.25) is 0 Å². The van der Waals surface area contributed by atoms with Crippen LogP contribution in [0.5, 0.6) is 5.75 Å². The first-order valence-electron chi connectivity index (χ1n) is 9.33. The summed E-state index contributed by atoms with van der Waals surface area (Å²) < 4.78 is 5.89. The van der Waals surface area contributed by atoms with Crippen molar-refractivity contribution in [1.82, 2.24) is 4.98 Å². The molecule has 0 unspecified atom stereocenters. The summed E-state index contributed by atoms with van der Waals surface area (Å²) in [4.78, 5) is 16.9. The van der Waals surface area contributed by atoms with E-state index in [2.05, 4.69) is 11.9 Å². The lowest BCUT2D eigenvalue weighted by Crippen LogP contribution is -1.97. The van der Waals surface area contributed by atoms with Crippen LogP contribution in [0.4, 0.5) is 0 Å². The molecule has 2 aromatic rings. The van der Waals surface area contributed by atoms with Crippen molar-refractivity contribution in [1.29, 1.82) is 0 Å². The number of hydrogen-bond donors (Lipinski definition) is 0. The van der Waals surface area contributed by atoms with Gasteiger partial charge in [-0.2, -0.15) is 0 Å². The van der Waals surface area contributed by atoms with Crippen molar-refractivity contribution in [2.75, 3.05) is 6.61 Å². The fraction of sp³-hybridized carbons (Fsp3) is 0.524. The number of hydrogen-bond acceptors (Lipinski definition) is 4. The molecule has 4 heteroatoms. The van der Waals surface area contributed by atoms with E-state index in [1.54, 1.807) is 6.92 Å². The predicted octanol–water partition coefficient (Wildman–Crippen LogP) is 6.45. The van der Waals surface area contributed by atoms with Crippen LogP contribution in [-0.4, -0.2) is 17.4 Å². The minimum Gasteiger partial charge on any atom is -0.494 e. The Morgan fingerprint density at radius 1 is 1.12 bits per heavy atom. The van der Waals surface area contributed by atoms with E-state index in [1.165, 1.54) is 49.9 Å². The summed E-state index contributed by atoms with van der Waals surface area (Å²) in [6, 6.07) is 8.00. The average Bonchev–Trinajstić information content (AvgIpc) is 3.00. The summed E-state index contributed by atoms with van der Waals surface area (Å²) >= 11 is 1.45. The second kappa shape index (κ2) is 10.3. The molecule has 25 heavy (non-hydrogen) atoms. The summed E-state index contributed by atoms with van der Waals surface area (Å²) in [5.41, 5.74) is 1.82. The molecule has 0 fully saturated rings. The maximum atomic E-state index is 11.6. The Morgan fingerprint density at radius 2 is 1.84 bits per heavy atom. The highest BCUT2D eigenvalue weighted by molar-refractivity contribution is 7.17. The topological polar surface area (TPSA) is 39.2 Å². The third-order valence-corrected chi connectivity index (χ3v) is 5.52. The number of benzene rings is 1. The Morgan fingerprint density at radius 3 is 2.52 bits per heavy atom. The number of ether oxygens (including phenoxy) is 1. The van der Waals surface area contributed by atoms with E-state index in [-0.39, 0.29) is 5.78 Å². The van der Waals surface area contributed by atoms with Gasteiger partial charge in [-0.05, 0) is 25.5 Å². The zero-order chi connectivity index (χ0) is 18.1. The van der Waals surface area contributed by atoms with Crippen LogP contribution in [0.2, 0.25) is 0 Å². The Balaban J connectivity index is 1.83. The van der Waals surface area contributed by atoms with Crippen LogP contribution in [0.3, 0.4) is 0 Å². The minimum atomic E-state index is 0.0765. The molecular weight excluding hydrogens is 330 g/mol. The largest absolute Gasteiger partial charge is 0.494 e. The van der Waals surface area contributed by atoms with Crippen molar-refractivity contribution in [2.45, 2.75) is 65.7 Å². The Labute approximate surface area is 155 Å². The molecule has 0 saturated heterocycles. The molecule has 0 N–H and O–H groups in total. The van der Waals surface area contributed by atoms with E-state index in [9.17, 15) is 4.79 Å². The summed E-state index contributed by atoms with van der Waals surface area (Å²) in [6.07, 6.45) is 8.98. The van der Waals surface area contributed by atoms with Crippen LogP contribution in [0, 0.1) is 6.92 Å². The number of aromatic nitrogens is 1. The van der Waals surface area contributed by atoms with Gasteiger partial charge in [-0.3, -0.25) is 4.79 Å². The number of carbonyl (C=O) groups excluding carboxylic acids is 1. The van der Waals surface area contributed by atoms with E-state index in [1.807, 2.05) is 31.2 Å². The van der Waals surface area contributed by atoms with Crippen molar-refractivity contribution >= 4 is 17.1 Å². The van der Waals surface area contributed by atoms with Crippen LogP contribution in [0.15, 0.2) is 24.3 Å². The van der Waals surface area contributed by atoms with Crippen LogP contribution in [-0.2, 0) is 0 Å². The first kappa shape index (κ1) is 19.6. The van der Waals surface area contributed by atoms with Gasteiger partial charge in [-0.25, -0.2) is 4.98 Å². The molecule has 1 heterocycles. The highest BCUT2D eigenvalue weighted by Gasteiger charge is 2.13. The molecule has 0 amide bonds. The molecule has 0 saturated carbocycles. The molecule has 3 nitrogen and oxygen atoms in total. The maximum absolute atomic E-state index is 11.6. The molecule has 0 aliphatic rings. The van der Waals surface area contributed by atoms with E-state index in [0.29, 0.717) is 0 Å². The zero-order valence-corrected chi connectivity index (χ0v) is 16.5. The highest BCUT2D eigenvalue weighted by Crippen LogP contribution is 2.30. The SMILES string of the molecule is CCCCCCCCCOc1cccc(-c2nc(C)c(C(C)=O)s2)c1. The predicted molar refractivity (Wildman–Crippen MR) is 106 cm³/mol. The first-order chi connectivity index (χ1) is 12.1. The standard InChI is InChI=1S/C21H29NO2S/c1-4-5-6-7-8-9-10-14-24-19-13-11-12-18(15-19)21-22-16(2)20(25-21)17(3)23/h11-13,15H,4-10,14H2,1-3H3. The Hall–Kier alpha value is -1.68. The van der Waals surface area contributed by atoms with Gasteiger partial charge < -0.3 is 4.74 Å². The summed E-state index contributed by atoms with van der Waals surface area (Å²) in [5, 5.41) is 0.879. The van der Waals surface area contributed by atoms with E-state index in [0.717, 1.165) is 39.9 Å². The van der Waals surface area contributed by atoms with Gasteiger partial charge in [0.1, 0.15) is 10.8 Å². The summed E-state index contributed by atoms with van der Waals surface area (Å²) in [6.45, 7) is 6.48. The zero-order valence-electron chi connectivity index (χ0n) is 15.6. The lowest BCUT2D eigenvalue weighted by Gasteiger charge is -2.07. The van der Waals surface area contributed by atoms with Gasteiger partial charge in [0, 0.05) is 12.5 Å². The second-order valence-corrected chi connectivity index (χ2v) is 7.49. The lowest BCUT2D eigenvalue weighted by atomic mass is 10.1. The van der Waals surface area contributed by atoms with Gasteiger partial charge in [-0.1, -0.05) is 57.6 Å². The van der Waals surface area contributed by atoms with Crippen molar-refractivity contribution in [3.05, 3.63) is 34.8 Å². The number of Topliss-reactive ketones (excluding diaryl/α,β-unsaturated/α-hetero) is 1. The second-order valence-electron chi connectivity index (χ2n) is 6.49. The number of rotatable bonds is 11. The lowest BCUT2D eigenvalue weighted by molar-refractivity contribution is 0.102. The monoisotopic (exact) mass is 359 g/mol. The van der Waals surface area contributed by atoms with Crippen molar-refractivity contribution in [3.8, 4) is 16.3 Å². The van der Waals surface area contributed by atoms with Gasteiger partial charge in [0.25, 0.3) is 0 Å². The molecule has 1 aromatic heterocycles. The summed E-state index contributed by atoms with van der Waals surface area (Å²) in [7, 11) is 0. The van der Waals surface area contributed by atoms with Crippen molar-refractivity contribution in [2.24, 2.45) is 0 Å². The fourth-order valence-electron chi connectivity index (χ4n) is 2.81. The third-order valence-electron chi connectivity index (χ3n) is 4.21. The number of ketones is 1. The number of aryl methyl sites for hydroxylation is 1. The quantitative estimate of drug-likeness (QED) is 0.342. The number of thiazole rings is 1. The minimum absolute atomic E-state index is 0.0765. The maximum Gasteiger partial charge on any atom is 0.171 e. The summed E-state index contributed by atoms with van der Waals surface area (Å²) in [5.74, 6) is 0.952. The number of unbranched alkanes of at least 4 members (excludes halogenated alkanes) is 6. The van der Waals surface area contributed by atoms with Gasteiger partial charge in [0.15, 0.2) is 5.78 Å². The highest BCUT2D eigenvalue weighted by atomic mass is 32.1. The van der Waals surface area contributed by atoms with Crippen LogP contribution in [0.25, 0.3) is 10.6 Å². The Bertz CT molecular complexity index is 678. The van der Waals surface area contributed by atoms with Crippen LogP contribution >= 0.6 is 11.3 Å². The number of nitrogens with zero attached hydrogens (tertiary/aromatic N) is 1. The van der Waals surface area contributed by atoms with E-state index >= 15 is 0 Å². The van der Waals surface area contributed by atoms with E-state index in [4.69, 9.17) is 4.74 Å². The molecular formula is C21H29NO2S. The molecule has 0 aliphatic carbocycles. The smallest absolute Gasteiger partial charge is 0.171 e. The Kier molecular flexibility index (Phi) is 8.13. The number of carbonyl (C=O) groups is 1. The molecule has 2 rings (SSSR count). The van der Waals surface area contributed by atoms with Gasteiger partial charge >= 0.3 is 0 Å². The van der Waals surface area contributed by atoms with Crippen molar-refractivity contribution < 1.29 is 9.53 Å². The normalized spacial score (nSPS) is 10.8. The van der Waals surface area contributed by atoms with Gasteiger partial charge in [0.05, 0.1) is 17.2 Å². The van der Waals surface area contributed by atoms with Gasteiger partial charge in [-0.15, -0.1) is 11.3 Å². The van der Waals surface area contributed by atoms with E-state index < -0.39 is 0 Å². The molecule has 136 valence electrons. The molecule has 1 aromatic carbocycles. The first-order valence-corrected chi connectivity index (χ1v) is 10.1. The molecule has 0 radical (unpaired) electrons. The molecule has 0 aliphatic heterocycles. The van der Waals surface area contributed by atoms with Crippen LogP contribution in [0.1, 0.15) is 74.2 Å². The third kappa shape index (κ3) is 6.28. The molecule has 0 spiro atoms. The fourth-order valence-corrected chi connectivity index (χ4v) is 3.77. The molecule has 0 bridgehead atoms. The van der Waals surface area contributed by atoms with Crippen LogP contribution < -0.4 is 4.74 Å². The molecule has 0 atom stereocenters. The van der Waals surface area contributed by atoms with Crippen molar-refractivity contribution in [3.63, 3.8) is 0 Å². The average molecular weight is 360 g/mol.